The van der Waals surface area contributed by atoms with Crippen LogP contribution in [0.5, 0.6) is 0 Å². The molecular weight excluding hydrogens is 188 g/mol. The Balaban J connectivity index is 2.28. The van der Waals surface area contributed by atoms with Gasteiger partial charge >= 0.3 is 5.97 Å². The first-order chi connectivity index (χ1) is 7.09. The molecule has 0 radical (unpaired) electrons. The van der Waals surface area contributed by atoms with Crippen molar-refractivity contribution in [2.24, 2.45) is 5.92 Å². The van der Waals surface area contributed by atoms with Crippen molar-refractivity contribution in [2.75, 3.05) is 6.61 Å². The van der Waals surface area contributed by atoms with Crippen molar-refractivity contribution in [3.05, 3.63) is 23.8 Å². The maximum absolute atomic E-state index is 10.6. The number of esters is 1. The predicted octanol–water partition coefficient (Wildman–Crippen LogP) is 3.24. The molecule has 15 heavy (non-hydrogen) atoms. The van der Waals surface area contributed by atoms with Gasteiger partial charge in [0.25, 0.3) is 0 Å². The molecule has 0 aromatic heterocycles. The van der Waals surface area contributed by atoms with Crippen LogP contribution < -0.4 is 0 Å². The van der Waals surface area contributed by atoms with Gasteiger partial charge in [-0.2, -0.15) is 0 Å². The molecule has 0 bridgehead atoms. The molecule has 0 saturated carbocycles. The average molecular weight is 208 g/mol. The summed E-state index contributed by atoms with van der Waals surface area (Å²) in [5, 5.41) is 0. The van der Waals surface area contributed by atoms with Gasteiger partial charge in [-0.15, -0.1) is 0 Å². The van der Waals surface area contributed by atoms with E-state index >= 15 is 0 Å². The van der Waals surface area contributed by atoms with E-state index in [1.54, 1.807) is 0 Å². The second-order valence-corrected chi connectivity index (χ2v) is 4.27. The molecule has 0 spiro atoms. The lowest BCUT2D eigenvalue weighted by Gasteiger charge is -2.22. The fraction of sp³-hybridized carbons (Fsp3) is 0.615. The fourth-order valence-corrected chi connectivity index (χ4v) is 1.89. The molecule has 0 aromatic rings. The van der Waals surface area contributed by atoms with E-state index < -0.39 is 0 Å². The van der Waals surface area contributed by atoms with E-state index in [1.165, 1.54) is 24.5 Å². The Hall–Kier alpha value is -1.05. The van der Waals surface area contributed by atoms with Crippen LogP contribution in [0.25, 0.3) is 0 Å². The number of carbonyl (C=O) groups excluding carboxylic acids is 1. The Morgan fingerprint density at radius 3 is 2.80 bits per heavy atom. The van der Waals surface area contributed by atoms with Gasteiger partial charge < -0.3 is 4.74 Å². The summed E-state index contributed by atoms with van der Waals surface area (Å²) in [6.07, 6.45) is 6.60. The highest BCUT2D eigenvalue weighted by Gasteiger charge is 2.14. The van der Waals surface area contributed by atoms with Crippen LogP contribution >= 0.6 is 0 Å². The van der Waals surface area contributed by atoms with Crippen LogP contribution in [-0.2, 0) is 9.53 Å². The maximum Gasteiger partial charge on any atom is 0.302 e. The van der Waals surface area contributed by atoms with Gasteiger partial charge in [-0.25, -0.2) is 0 Å². The van der Waals surface area contributed by atoms with Crippen LogP contribution in [0.4, 0.5) is 0 Å². The SMILES string of the molecule is C=C(C)C1CC=C(CCOC(C)=O)CC1. The van der Waals surface area contributed by atoms with Gasteiger partial charge in [0.1, 0.15) is 0 Å². The average Bonchev–Trinajstić information content (AvgIpc) is 2.18. The molecule has 2 nitrogen and oxygen atoms in total. The minimum atomic E-state index is -0.189. The Labute approximate surface area is 92.0 Å². The van der Waals surface area contributed by atoms with Gasteiger partial charge in [0, 0.05) is 13.3 Å². The van der Waals surface area contributed by atoms with Crippen molar-refractivity contribution < 1.29 is 9.53 Å². The van der Waals surface area contributed by atoms with Crippen LogP contribution in [0, 0.1) is 5.92 Å². The summed E-state index contributed by atoms with van der Waals surface area (Å²) < 4.78 is 4.92. The molecule has 1 unspecified atom stereocenters. The van der Waals surface area contributed by atoms with E-state index in [0.717, 1.165) is 19.3 Å². The molecule has 1 aliphatic carbocycles. The molecule has 0 saturated heterocycles. The summed E-state index contributed by atoms with van der Waals surface area (Å²) in [5.41, 5.74) is 2.71. The Bertz CT molecular complexity index is 276. The van der Waals surface area contributed by atoms with Gasteiger partial charge in [0.05, 0.1) is 6.61 Å². The van der Waals surface area contributed by atoms with Crippen molar-refractivity contribution in [1.29, 1.82) is 0 Å². The topological polar surface area (TPSA) is 26.3 Å². The van der Waals surface area contributed by atoms with Gasteiger partial charge in [0.15, 0.2) is 0 Å². The Morgan fingerprint density at radius 2 is 2.33 bits per heavy atom. The second kappa shape index (κ2) is 5.74. The van der Waals surface area contributed by atoms with Crippen molar-refractivity contribution in [3.8, 4) is 0 Å². The number of carbonyl (C=O) groups is 1. The minimum Gasteiger partial charge on any atom is -0.466 e. The molecule has 0 amide bonds. The van der Waals surface area contributed by atoms with Gasteiger partial charge in [-0.05, 0) is 32.1 Å². The Morgan fingerprint density at radius 1 is 1.60 bits per heavy atom. The lowest BCUT2D eigenvalue weighted by Crippen LogP contribution is -2.08. The van der Waals surface area contributed by atoms with Crippen LogP contribution in [-0.4, -0.2) is 12.6 Å². The summed E-state index contributed by atoms with van der Waals surface area (Å²) in [4.78, 5) is 10.6. The van der Waals surface area contributed by atoms with E-state index in [0.29, 0.717) is 12.5 Å². The van der Waals surface area contributed by atoms with Crippen LogP contribution in [0.2, 0.25) is 0 Å². The molecule has 1 aliphatic rings. The number of hydrogen-bond acceptors (Lipinski definition) is 2. The van der Waals surface area contributed by atoms with E-state index in [2.05, 4.69) is 19.6 Å². The maximum atomic E-state index is 10.6. The predicted molar refractivity (Wildman–Crippen MR) is 61.5 cm³/mol. The molecular formula is C13H20O2. The van der Waals surface area contributed by atoms with Crippen LogP contribution in [0.15, 0.2) is 23.8 Å². The summed E-state index contributed by atoms with van der Waals surface area (Å²) in [6.45, 7) is 8.07. The first kappa shape index (κ1) is 12.0. The van der Waals surface area contributed by atoms with E-state index in [4.69, 9.17) is 4.74 Å². The number of hydrogen-bond donors (Lipinski definition) is 0. The first-order valence-corrected chi connectivity index (χ1v) is 5.56. The summed E-state index contributed by atoms with van der Waals surface area (Å²) in [5.74, 6) is 0.466. The monoisotopic (exact) mass is 208 g/mol. The highest BCUT2D eigenvalue weighted by atomic mass is 16.5. The third-order valence-electron chi connectivity index (χ3n) is 2.93. The fourth-order valence-electron chi connectivity index (χ4n) is 1.89. The smallest absolute Gasteiger partial charge is 0.302 e. The normalized spacial score (nSPS) is 20.7. The zero-order valence-corrected chi connectivity index (χ0v) is 9.71. The molecule has 2 heteroatoms. The number of ether oxygens (including phenoxy) is 1. The van der Waals surface area contributed by atoms with Crippen LogP contribution in [0.3, 0.4) is 0 Å². The lowest BCUT2D eigenvalue weighted by molar-refractivity contribution is -0.140. The second-order valence-electron chi connectivity index (χ2n) is 4.27. The molecule has 0 heterocycles. The highest BCUT2D eigenvalue weighted by Crippen LogP contribution is 2.29. The van der Waals surface area contributed by atoms with Crippen molar-refractivity contribution in [3.63, 3.8) is 0 Å². The van der Waals surface area contributed by atoms with Gasteiger partial charge in [-0.3, -0.25) is 4.79 Å². The molecule has 0 aliphatic heterocycles. The first-order valence-electron chi connectivity index (χ1n) is 5.56. The zero-order chi connectivity index (χ0) is 11.3. The largest absolute Gasteiger partial charge is 0.466 e. The minimum absolute atomic E-state index is 0.189. The van der Waals surface area contributed by atoms with E-state index in [9.17, 15) is 4.79 Å². The van der Waals surface area contributed by atoms with Gasteiger partial charge in [0.2, 0.25) is 0 Å². The summed E-state index contributed by atoms with van der Waals surface area (Å²) in [6, 6.07) is 0. The van der Waals surface area contributed by atoms with Crippen molar-refractivity contribution in [2.45, 2.75) is 39.5 Å². The third-order valence-corrected chi connectivity index (χ3v) is 2.93. The Kier molecular flexibility index (Phi) is 4.60. The molecule has 0 fully saturated rings. The molecule has 84 valence electrons. The van der Waals surface area contributed by atoms with E-state index in [1.807, 2.05) is 0 Å². The van der Waals surface area contributed by atoms with Crippen molar-refractivity contribution in [1.82, 2.24) is 0 Å². The number of rotatable bonds is 4. The molecule has 0 aromatic carbocycles. The standard InChI is InChI=1S/C13H20O2/c1-10(2)13-6-4-12(5-7-13)8-9-15-11(3)14/h4,13H,1,5-9H2,2-3H3. The third kappa shape index (κ3) is 4.32. The number of allylic oxidation sites excluding steroid dienone is 2. The molecule has 1 rings (SSSR count). The van der Waals surface area contributed by atoms with Gasteiger partial charge in [-0.1, -0.05) is 23.8 Å². The van der Waals surface area contributed by atoms with E-state index in [-0.39, 0.29) is 5.97 Å². The molecule has 0 N–H and O–H groups in total. The molecule has 1 atom stereocenters. The summed E-state index contributed by atoms with van der Waals surface area (Å²) >= 11 is 0. The zero-order valence-electron chi connectivity index (χ0n) is 9.71. The lowest BCUT2D eigenvalue weighted by atomic mass is 9.85. The summed E-state index contributed by atoms with van der Waals surface area (Å²) in [7, 11) is 0. The van der Waals surface area contributed by atoms with Crippen molar-refractivity contribution >= 4 is 5.97 Å². The van der Waals surface area contributed by atoms with Crippen LogP contribution in [0.1, 0.15) is 39.5 Å². The highest BCUT2D eigenvalue weighted by molar-refractivity contribution is 5.65. The quantitative estimate of drug-likeness (QED) is 0.523.